The molecule has 0 spiro atoms. The average Bonchev–Trinajstić information content (AvgIpc) is 3.04. The highest BCUT2D eigenvalue weighted by atomic mass is 16.5. The highest BCUT2D eigenvalue weighted by Crippen LogP contribution is 2.23. The lowest BCUT2D eigenvalue weighted by Gasteiger charge is -2.10. The van der Waals surface area contributed by atoms with E-state index < -0.39 is 0 Å². The van der Waals surface area contributed by atoms with Crippen LogP contribution in [0, 0.1) is 6.92 Å². The van der Waals surface area contributed by atoms with Crippen molar-refractivity contribution in [2.24, 2.45) is 0 Å². The van der Waals surface area contributed by atoms with Crippen LogP contribution in [0.2, 0.25) is 0 Å². The van der Waals surface area contributed by atoms with Crippen molar-refractivity contribution in [3.05, 3.63) is 48.2 Å². The quantitative estimate of drug-likeness (QED) is 0.576. The van der Waals surface area contributed by atoms with Crippen molar-refractivity contribution < 1.29 is 4.52 Å². The molecule has 3 aromatic rings. The molecule has 0 bridgehead atoms. The minimum absolute atomic E-state index is 0.493. The van der Waals surface area contributed by atoms with Crippen LogP contribution in [0.25, 0.3) is 11.3 Å². The molecule has 6 nitrogen and oxygen atoms in total. The van der Waals surface area contributed by atoms with Crippen LogP contribution in [-0.2, 0) is 0 Å². The molecule has 130 valence electrons. The van der Waals surface area contributed by atoms with Crippen molar-refractivity contribution in [3.63, 3.8) is 0 Å². The molecule has 0 aliphatic rings. The number of rotatable bonds is 8. The molecule has 0 amide bonds. The first kappa shape index (κ1) is 17.0. The Bertz CT molecular complexity index is 801. The molecule has 0 saturated carbocycles. The van der Waals surface area contributed by atoms with Gasteiger partial charge in [-0.2, -0.15) is 4.98 Å². The van der Waals surface area contributed by atoms with Gasteiger partial charge in [-0.3, -0.25) is 0 Å². The van der Waals surface area contributed by atoms with Gasteiger partial charge in [0.25, 0.3) is 0 Å². The number of aromatic nitrogens is 3. The average molecular weight is 337 g/mol. The van der Waals surface area contributed by atoms with Crippen LogP contribution in [0.3, 0.4) is 0 Å². The van der Waals surface area contributed by atoms with Crippen LogP contribution < -0.4 is 10.6 Å². The van der Waals surface area contributed by atoms with Gasteiger partial charge in [0.1, 0.15) is 11.6 Å². The first-order chi connectivity index (χ1) is 12.2. The third-order valence-corrected chi connectivity index (χ3v) is 3.75. The highest BCUT2D eigenvalue weighted by Gasteiger charge is 2.09. The Morgan fingerprint density at radius 1 is 1.00 bits per heavy atom. The number of hydrogen-bond donors (Lipinski definition) is 2. The van der Waals surface area contributed by atoms with E-state index in [9.17, 15) is 0 Å². The van der Waals surface area contributed by atoms with Gasteiger partial charge in [0.2, 0.25) is 5.95 Å². The van der Waals surface area contributed by atoms with Crippen molar-refractivity contribution >= 4 is 17.6 Å². The van der Waals surface area contributed by atoms with Gasteiger partial charge in [0, 0.05) is 24.2 Å². The lowest BCUT2D eigenvalue weighted by atomic mass is 10.1. The summed E-state index contributed by atoms with van der Waals surface area (Å²) in [5, 5.41) is 10.4. The smallest absolute Gasteiger partial charge is 0.231 e. The standard InChI is InChI=1S/C19H23N5O/c1-3-4-8-11-20-17-13-16(15-9-6-5-7-10-15)21-19(22-17)23-18-12-14(2)25-24-18/h5-7,9-10,12-13H,3-4,8,11H2,1-2H3,(H2,20,21,22,23,24). The van der Waals surface area contributed by atoms with Crippen molar-refractivity contribution in [1.82, 2.24) is 15.1 Å². The minimum Gasteiger partial charge on any atom is -0.370 e. The Morgan fingerprint density at radius 3 is 2.56 bits per heavy atom. The highest BCUT2D eigenvalue weighted by molar-refractivity contribution is 5.65. The van der Waals surface area contributed by atoms with E-state index in [1.807, 2.05) is 49.4 Å². The molecule has 1 aromatic carbocycles. The third kappa shape index (κ3) is 4.79. The first-order valence-electron chi connectivity index (χ1n) is 8.63. The Balaban J connectivity index is 1.85. The van der Waals surface area contributed by atoms with Gasteiger partial charge in [0.15, 0.2) is 5.82 Å². The van der Waals surface area contributed by atoms with E-state index >= 15 is 0 Å². The fourth-order valence-corrected chi connectivity index (χ4v) is 2.48. The fourth-order valence-electron chi connectivity index (χ4n) is 2.48. The Kier molecular flexibility index (Phi) is 5.61. The number of hydrogen-bond acceptors (Lipinski definition) is 6. The topological polar surface area (TPSA) is 75.9 Å². The second kappa shape index (κ2) is 8.28. The zero-order valence-electron chi connectivity index (χ0n) is 14.6. The summed E-state index contributed by atoms with van der Waals surface area (Å²) in [5.74, 6) is 2.62. The zero-order valence-corrected chi connectivity index (χ0v) is 14.6. The molecule has 0 aliphatic carbocycles. The summed E-state index contributed by atoms with van der Waals surface area (Å²) >= 11 is 0. The maximum Gasteiger partial charge on any atom is 0.231 e. The summed E-state index contributed by atoms with van der Waals surface area (Å²) in [6.07, 6.45) is 3.51. The Hall–Kier alpha value is -2.89. The minimum atomic E-state index is 0.493. The summed E-state index contributed by atoms with van der Waals surface area (Å²) in [6, 6.07) is 13.8. The van der Waals surface area contributed by atoms with Crippen LogP contribution in [0.4, 0.5) is 17.6 Å². The molecule has 2 N–H and O–H groups in total. The van der Waals surface area contributed by atoms with Gasteiger partial charge >= 0.3 is 0 Å². The van der Waals surface area contributed by atoms with Gasteiger partial charge in [-0.1, -0.05) is 55.3 Å². The van der Waals surface area contributed by atoms with Crippen molar-refractivity contribution in [2.75, 3.05) is 17.2 Å². The molecule has 2 heterocycles. The molecular weight excluding hydrogens is 314 g/mol. The maximum absolute atomic E-state index is 5.09. The van der Waals surface area contributed by atoms with Crippen LogP contribution >= 0.6 is 0 Å². The van der Waals surface area contributed by atoms with Crippen LogP contribution in [0.1, 0.15) is 31.9 Å². The van der Waals surface area contributed by atoms with E-state index in [2.05, 4.69) is 32.7 Å². The van der Waals surface area contributed by atoms with E-state index in [4.69, 9.17) is 4.52 Å². The third-order valence-electron chi connectivity index (χ3n) is 3.75. The Labute approximate surface area is 147 Å². The van der Waals surface area contributed by atoms with E-state index in [1.54, 1.807) is 0 Å². The number of aryl methyl sites for hydroxylation is 1. The summed E-state index contributed by atoms with van der Waals surface area (Å²) in [6.45, 7) is 4.93. The predicted molar refractivity (Wildman–Crippen MR) is 100 cm³/mol. The van der Waals surface area contributed by atoms with Crippen LogP contribution in [-0.4, -0.2) is 21.7 Å². The van der Waals surface area contributed by atoms with Crippen LogP contribution in [0.15, 0.2) is 47.0 Å². The molecular formula is C19H23N5O. The van der Waals surface area contributed by atoms with Gasteiger partial charge in [-0.25, -0.2) is 4.98 Å². The van der Waals surface area contributed by atoms with E-state index in [1.165, 1.54) is 12.8 Å². The van der Waals surface area contributed by atoms with Crippen LogP contribution in [0.5, 0.6) is 0 Å². The molecule has 3 rings (SSSR count). The number of anilines is 3. The van der Waals surface area contributed by atoms with Gasteiger partial charge < -0.3 is 15.2 Å². The molecule has 0 fully saturated rings. The summed E-state index contributed by atoms with van der Waals surface area (Å²) in [5.41, 5.74) is 1.90. The fraction of sp³-hybridized carbons (Fsp3) is 0.316. The van der Waals surface area contributed by atoms with Crippen molar-refractivity contribution in [3.8, 4) is 11.3 Å². The van der Waals surface area contributed by atoms with E-state index in [0.717, 1.165) is 35.8 Å². The predicted octanol–water partition coefficient (Wildman–Crippen LogP) is 4.79. The molecule has 6 heteroatoms. The molecule has 0 radical (unpaired) electrons. The lowest BCUT2D eigenvalue weighted by Crippen LogP contribution is -2.07. The van der Waals surface area contributed by atoms with E-state index in [0.29, 0.717) is 11.8 Å². The SMILES string of the molecule is CCCCCNc1cc(-c2ccccc2)nc(Nc2cc(C)on2)n1. The van der Waals surface area contributed by atoms with Crippen molar-refractivity contribution in [2.45, 2.75) is 33.1 Å². The molecule has 0 atom stereocenters. The largest absolute Gasteiger partial charge is 0.370 e. The van der Waals surface area contributed by atoms with E-state index in [-0.39, 0.29) is 0 Å². The summed E-state index contributed by atoms with van der Waals surface area (Å²) in [4.78, 5) is 9.15. The monoisotopic (exact) mass is 337 g/mol. The lowest BCUT2D eigenvalue weighted by molar-refractivity contribution is 0.400. The second-order valence-corrected chi connectivity index (χ2v) is 5.91. The van der Waals surface area contributed by atoms with Gasteiger partial charge in [-0.05, 0) is 13.3 Å². The van der Waals surface area contributed by atoms with Gasteiger partial charge in [0.05, 0.1) is 5.69 Å². The normalized spacial score (nSPS) is 10.6. The number of nitrogens with zero attached hydrogens (tertiary/aromatic N) is 3. The molecule has 25 heavy (non-hydrogen) atoms. The number of nitrogens with one attached hydrogen (secondary N) is 2. The number of unbranched alkanes of at least 4 members (excludes halogenated alkanes) is 2. The zero-order chi connectivity index (χ0) is 17.5. The maximum atomic E-state index is 5.09. The summed E-state index contributed by atoms with van der Waals surface area (Å²) in [7, 11) is 0. The molecule has 0 aliphatic heterocycles. The van der Waals surface area contributed by atoms with Gasteiger partial charge in [-0.15, -0.1) is 0 Å². The number of benzene rings is 1. The first-order valence-corrected chi connectivity index (χ1v) is 8.63. The molecule has 0 unspecified atom stereocenters. The van der Waals surface area contributed by atoms with Crippen molar-refractivity contribution in [1.29, 1.82) is 0 Å². The summed E-state index contributed by atoms with van der Waals surface area (Å²) < 4.78 is 5.09. The Morgan fingerprint density at radius 2 is 1.84 bits per heavy atom. The molecule has 0 saturated heterocycles. The second-order valence-electron chi connectivity index (χ2n) is 5.91. The molecule has 2 aromatic heterocycles.